The fraction of sp³-hybridized carbons (Fsp3) is 0.706. The molecule has 28 heavy (non-hydrogen) atoms. The number of alkyl halides is 3. The smallest absolute Gasteiger partial charge is 0.369 e. The topological polar surface area (TPSA) is 95.6 Å². The van der Waals surface area contributed by atoms with Crippen molar-refractivity contribution in [3.05, 3.63) is 16.1 Å². The summed E-state index contributed by atoms with van der Waals surface area (Å²) in [5.41, 5.74) is 4.48. The number of likely N-dealkylation sites (tertiary alicyclic amines) is 1. The summed E-state index contributed by atoms with van der Waals surface area (Å²) >= 11 is 0.968. The molecule has 4 N–H and O–H groups in total. The molecule has 0 atom stereocenters. The zero-order chi connectivity index (χ0) is 20.6. The summed E-state index contributed by atoms with van der Waals surface area (Å²) in [4.78, 5) is 21.2. The van der Waals surface area contributed by atoms with Gasteiger partial charge in [-0.15, -0.1) is 11.3 Å². The summed E-state index contributed by atoms with van der Waals surface area (Å²) in [5, 5.41) is 7.49. The number of nitrogens with zero attached hydrogens (tertiary/aromatic N) is 3. The molecule has 0 aromatic carbocycles. The van der Waals surface area contributed by atoms with Crippen LogP contribution in [0.2, 0.25) is 0 Å². The molecular weight excluding hydrogens is 393 g/mol. The second-order valence-electron chi connectivity index (χ2n) is 6.70. The number of unbranched alkanes of at least 4 members (excludes halogenated alkanes) is 1. The van der Waals surface area contributed by atoms with Crippen LogP contribution in [0.4, 0.5) is 13.2 Å². The number of thiazole rings is 1. The number of nitrogens with one attached hydrogen (secondary N) is 2. The summed E-state index contributed by atoms with van der Waals surface area (Å²) in [5.74, 6) is 0.346. The van der Waals surface area contributed by atoms with Crippen molar-refractivity contribution in [1.29, 1.82) is 0 Å². The number of carbonyl (C=O) groups is 1. The van der Waals surface area contributed by atoms with Gasteiger partial charge in [0.15, 0.2) is 11.7 Å². The number of primary amides is 1. The highest BCUT2D eigenvalue weighted by Crippen LogP contribution is 2.29. The van der Waals surface area contributed by atoms with Crippen molar-refractivity contribution in [2.75, 3.05) is 33.2 Å². The molecule has 1 fully saturated rings. The van der Waals surface area contributed by atoms with Gasteiger partial charge in [0, 0.05) is 24.9 Å². The van der Waals surface area contributed by atoms with Gasteiger partial charge >= 0.3 is 6.18 Å². The maximum Gasteiger partial charge on any atom is 0.434 e. The quantitative estimate of drug-likeness (QED) is 0.339. The lowest BCUT2D eigenvalue weighted by Crippen LogP contribution is -2.39. The van der Waals surface area contributed by atoms with Gasteiger partial charge in [0.2, 0.25) is 5.91 Å². The number of carbonyl (C=O) groups excluding carboxylic acids is 1. The SMILES string of the molecule is CN=C(NCCCCN1CCC(C(N)=O)CC1)NCc1nc(C(F)(F)F)cs1. The highest BCUT2D eigenvalue weighted by Gasteiger charge is 2.33. The normalized spacial score (nSPS) is 16.9. The summed E-state index contributed by atoms with van der Waals surface area (Å²) in [7, 11) is 1.61. The fourth-order valence-corrected chi connectivity index (χ4v) is 3.75. The zero-order valence-corrected chi connectivity index (χ0v) is 16.7. The van der Waals surface area contributed by atoms with E-state index in [4.69, 9.17) is 5.73 Å². The summed E-state index contributed by atoms with van der Waals surface area (Å²) in [6.45, 7) is 3.67. The number of aliphatic imine (C=N–C) groups is 1. The van der Waals surface area contributed by atoms with Crippen LogP contribution in [-0.2, 0) is 17.5 Å². The average Bonchev–Trinajstić information content (AvgIpc) is 3.14. The number of halogens is 3. The van der Waals surface area contributed by atoms with Gasteiger partial charge in [-0.2, -0.15) is 13.2 Å². The number of rotatable bonds is 8. The minimum absolute atomic E-state index is 0.0114. The molecule has 0 saturated carbocycles. The molecule has 1 saturated heterocycles. The third-order valence-corrected chi connectivity index (χ3v) is 5.51. The largest absolute Gasteiger partial charge is 0.434 e. The Morgan fingerprint density at radius 1 is 1.36 bits per heavy atom. The first kappa shape index (κ1) is 22.4. The molecule has 1 amide bonds. The standard InChI is InChI=1S/C17H27F3N6OS/c1-22-16(24-10-14-25-13(11-28-14)17(18,19)20)23-6-2-3-7-26-8-4-12(5-9-26)15(21)27/h11-12H,2-10H2,1H3,(H2,21,27)(H2,22,23,24). The van der Waals surface area contributed by atoms with Crippen LogP contribution < -0.4 is 16.4 Å². The highest BCUT2D eigenvalue weighted by molar-refractivity contribution is 7.09. The Hall–Kier alpha value is -1.88. The molecule has 0 radical (unpaired) electrons. The van der Waals surface area contributed by atoms with E-state index >= 15 is 0 Å². The molecule has 2 heterocycles. The van der Waals surface area contributed by atoms with Gasteiger partial charge in [-0.3, -0.25) is 9.79 Å². The van der Waals surface area contributed by atoms with Crippen LogP contribution >= 0.6 is 11.3 Å². The lowest BCUT2D eigenvalue weighted by atomic mass is 9.96. The van der Waals surface area contributed by atoms with Gasteiger partial charge in [0.1, 0.15) is 5.01 Å². The van der Waals surface area contributed by atoms with E-state index < -0.39 is 11.9 Å². The molecule has 1 aromatic heterocycles. The van der Waals surface area contributed by atoms with Crippen LogP contribution in [0.25, 0.3) is 0 Å². The van der Waals surface area contributed by atoms with Gasteiger partial charge in [0.25, 0.3) is 0 Å². The van der Waals surface area contributed by atoms with Crippen molar-refractivity contribution in [2.45, 2.75) is 38.4 Å². The Morgan fingerprint density at radius 3 is 2.64 bits per heavy atom. The van der Waals surface area contributed by atoms with Crippen LogP contribution in [0.5, 0.6) is 0 Å². The predicted octanol–water partition coefficient (Wildman–Crippen LogP) is 1.80. The van der Waals surface area contributed by atoms with Crippen molar-refractivity contribution < 1.29 is 18.0 Å². The van der Waals surface area contributed by atoms with Crippen LogP contribution in [0, 0.1) is 5.92 Å². The number of aromatic nitrogens is 1. The van der Waals surface area contributed by atoms with E-state index in [1.165, 1.54) is 0 Å². The molecule has 2 rings (SSSR count). The molecule has 0 unspecified atom stereocenters. The first-order valence-corrected chi connectivity index (χ1v) is 10.2. The van der Waals surface area contributed by atoms with Gasteiger partial charge in [-0.25, -0.2) is 4.98 Å². The molecule has 1 aromatic rings. The van der Waals surface area contributed by atoms with Gasteiger partial charge < -0.3 is 21.3 Å². The summed E-state index contributed by atoms with van der Waals surface area (Å²) in [6, 6.07) is 0. The minimum Gasteiger partial charge on any atom is -0.369 e. The lowest BCUT2D eigenvalue weighted by Gasteiger charge is -2.30. The second-order valence-corrected chi connectivity index (χ2v) is 7.64. The van der Waals surface area contributed by atoms with E-state index in [0.717, 1.165) is 62.0 Å². The van der Waals surface area contributed by atoms with E-state index in [-0.39, 0.29) is 18.4 Å². The molecule has 0 bridgehead atoms. The first-order chi connectivity index (χ1) is 13.3. The highest BCUT2D eigenvalue weighted by atomic mass is 32.1. The van der Waals surface area contributed by atoms with Gasteiger partial charge in [0.05, 0.1) is 6.54 Å². The Balaban J connectivity index is 1.59. The van der Waals surface area contributed by atoms with E-state index in [0.29, 0.717) is 17.5 Å². The van der Waals surface area contributed by atoms with Gasteiger partial charge in [-0.1, -0.05) is 0 Å². The van der Waals surface area contributed by atoms with Crippen molar-refractivity contribution in [3.8, 4) is 0 Å². The monoisotopic (exact) mass is 420 g/mol. The van der Waals surface area contributed by atoms with E-state index in [2.05, 4.69) is 25.5 Å². The van der Waals surface area contributed by atoms with Crippen LogP contribution in [0.15, 0.2) is 10.4 Å². The Bertz CT molecular complexity index is 656. The molecule has 0 aliphatic carbocycles. The molecule has 1 aliphatic heterocycles. The fourth-order valence-electron chi connectivity index (χ4n) is 3.01. The number of nitrogens with two attached hydrogens (primary N) is 1. The first-order valence-electron chi connectivity index (χ1n) is 9.27. The third-order valence-electron chi connectivity index (χ3n) is 4.66. The number of hydrogen-bond acceptors (Lipinski definition) is 5. The zero-order valence-electron chi connectivity index (χ0n) is 15.9. The van der Waals surface area contributed by atoms with Crippen molar-refractivity contribution in [2.24, 2.45) is 16.6 Å². The van der Waals surface area contributed by atoms with Crippen LogP contribution in [0.3, 0.4) is 0 Å². The van der Waals surface area contributed by atoms with E-state index in [1.807, 2.05) is 0 Å². The Labute approximate surface area is 166 Å². The van der Waals surface area contributed by atoms with Crippen molar-refractivity contribution in [3.63, 3.8) is 0 Å². The summed E-state index contributed by atoms with van der Waals surface area (Å²) < 4.78 is 37.7. The van der Waals surface area contributed by atoms with E-state index in [9.17, 15) is 18.0 Å². The second kappa shape index (κ2) is 10.6. The molecule has 1 aliphatic rings. The number of hydrogen-bond donors (Lipinski definition) is 3. The molecule has 11 heteroatoms. The number of guanidine groups is 1. The van der Waals surface area contributed by atoms with Crippen molar-refractivity contribution >= 4 is 23.2 Å². The average molecular weight is 421 g/mol. The molecule has 0 spiro atoms. The van der Waals surface area contributed by atoms with Crippen LogP contribution in [0.1, 0.15) is 36.4 Å². The molecular formula is C17H27F3N6OS. The molecule has 7 nitrogen and oxygen atoms in total. The van der Waals surface area contributed by atoms with Crippen molar-refractivity contribution in [1.82, 2.24) is 20.5 Å². The van der Waals surface area contributed by atoms with Gasteiger partial charge in [-0.05, 0) is 45.3 Å². The third kappa shape index (κ3) is 7.27. The van der Waals surface area contributed by atoms with E-state index in [1.54, 1.807) is 7.05 Å². The number of piperidine rings is 1. The maximum absolute atomic E-state index is 12.6. The lowest BCUT2D eigenvalue weighted by molar-refractivity contribution is -0.140. The summed E-state index contributed by atoms with van der Waals surface area (Å²) in [6.07, 6.45) is -0.809. The predicted molar refractivity (Wildman–Crippen MR) is 103 cm³/mol. The number of amides is 1. The van der Waals surface area contributed by atoms with Crippen LogP contribution in [-0.4, -0.2) is 55.0 Å². The Morgan fingerprint density at radius 2 is 2.07 bits per heavy atom. The molecule has 158 valence electrons. The Kier molecular flexibility index (Phi) is 8.49. The minimum atomic E-state index is -4.41. The maximum atomic E-state index is 12.6.